The molecule has 36 heavy (non-hydrogen) atoms. The summed E-state index contributed by atoms with van der Waals surface area (Å²) in [6.45, 7) is 1.08. The van der Waals surface area contributed by atoms with Crippen LogP contribution in [0.5, 0.6) is 0 Å². The maximum absolute atomic E-state index is 13.0. The Morgan fingerprint density at radius 1 is 1.14 bits per heavy atom. The van der Waals surface area contributed by atoms with Gasteiger partial charge in [0.05, 0.1) is 12.2 Å². The van der Waals surface area contributed by atoms with E-state index in [4.69, 9.17) is 16.7 Å². The molecule has 4 N–H and O–H groups in total. The molecular formula is C24H27Cl2N5O4S. The molecule has 2 aromatic heterocycles. The Morgan fingerprint density at radius 2 is 1.86 bits per heavy atom. The molecule has 0 bridgehead atoms. The van der Waals surface area contributed by atoms with E-state index in [1.54, 1.807) is 12.1 Å². The molecule has 3 aromatic rings. The minimum atomic E-state index is -0.863. The highest BCUT2D eigenvalue weighted by molar-refractivity contribution is 7.13. The second-order valence-corrected chi connectivity index (χ2v) is 10.6. The Balaban J connectivity index is 0.00000304. The van der Waals surface area contributed by atoms with Gasteiger partial charge >= 0.3 is 5.97 Å². The van der Waals surface area contributed by atoms with Crippen molar-refractivity contribution in [3.8, 4) is 0 Å². The predicted octanol–water partition coefficient (Wildman–Crippen LogP) is 3.61. The minimum Gasteiger partial charge on any atom is -0.480 e. The minimum absolute atomic E-state index is 0. The number of aromatic amines is 1. The van der Waals surface area contributed by atoms with Gasteiger partial charge in [0.25, 0.3) is 11.8 Å². The van der Waals surface area contributed by atoms with E-state index in [2.05, 4.69) is 20.6 Å². The molecule has 0 spiro atoms. The molecule has 1 aromatic carbocycles. The number of benzene rings is 1. The first kappa shape index (κ1) is 26.4. The summed E-state index contributed by atoms with van der Waals surface area (Å²) in [4.78, 5) is 47.5. The van der Waals surface area contributed by atoms with Crippen molar-refractivity contribution in [2.24, 2.45) is 0 Å². The van der Waals surface area contributed by atoms with Crippen LogP contribution in [-0.2, 0) is 17.8 Å². The van der Waals surface area contributed by atoms with Crippen molar-refractivity contribution in [2.45, 2.75) is 50.7 Å². The van der Waals surface area contributed by atoms with Gasteiger partial charge in [0.2, 0.25) is 0 Å². The lowest BCUT2D eigenvalue weighted by Gasteiger charge is -2.32. The summed E-state index contributed by atoms with van der Waals surface area (Å²) in [5, 5.41) is 17.1. The monoisotopic (exact) mass is 551 g/mol. The molecule has 1 aliphatic carbocycles. The number of nitrogens with one attached hydrogen (secondary N) is 3. The quantitative estimate of drug-likeness (QED) is 0.370. The van der Waals surface area contributed by atoms with E-state index in [9.17, 15) is 14.4 Å². The van der Waals surface area contributed by atoms with E-state index < -0.39 is 5.97 Å². The second-order valence-electron chi connectivity index (χ2n) is 9.10. The number of thiazole rings is 1. The Kier molecular flexibility index (Phi) is 8.19. The van der Waals surface area contributed by atoms with Crippen LogP contribution < -0.4 is 10.6 Å². The number of nitrogens with zero attached hydrogens (tertiary/aromatic N) is 2. The summed E-state index contributed by atoms with van der Waals surface area (Å²) in [6, 6.07) is 6.82. The normalized spacial score (nSPS) is 19.8. The molecule has 2 atom stereocenters. The number of carbonyl (C=O) groups excluding carboxylic acids is 2. The van der Waals surface area contributed by atoms with Crippen molar-refractivity contribution in [3.05, 3.63) is 50.6 Å². The highest BCUT2D eigenvalue weighted by Gasteiger charge is 2.30. The number of aromatic nitrogens is 2. The van der Waals surface area contributed by atoms with Gasteiger partial charge < -0.3 is 20.7 Å². The third-order valence-corrected chi connectivity index (χ3v) is 7.91. The van der Waals surface area contributed by atoms with Gasteiger partial charge in [0.1, 0.15) is 5.69 Å². The molecule has 2 aliphatic rings. The zero-order valence-electron chi connectivity index (χ0n) is 19.4. The van der Waals surface area contributed by atoms with E-state index >= 15 is 0 Å². The molecule has 192 valence electrons. The van der Waals surface area contributed by atoms with Crippen molar-refractivity contribution < 1.29 is 19.5 Å². The summed E-state index contributed by atoms with van der Waals surface area (Å²) >= 11 is 7.37. The van der Waals surface area contributed by atoms with Gasteiger partial charge in [-0.25, -0.2) is 4.98 Å². The SMILES string of the molecule is Cl.O=C(O)CN1CCc2nc(C(=O)N[C@@H]3CCCC[C@@H]3NC(=O)c3cc4cc(Cl)ccc4[nH]3)sc2C1. The molecule has 1 aliphatic heterocycles. The van der Waals surface area contributed by atoms with Crippen molar-refractivity contribution in [3.63, 3.8) is 0 Å². The number of halogens is 2. The number of aliphatic carboxylic acids is 1. The largest absolute Gasteiger partial charge is 0.480 e. The van der Waals surface area contributed by atoms with Gasteiger partial charge in [-0.15, -0.1) is 23.7 Å². The lowest BCUT2D eigenvalue weighted by atomic mass is 9.90. The molecule has 3 heterocycles. The van der Waals surface area contributed by atoms with E-state index in [1.807, 2.05) is 17.0 Å². The zero-order valence-corrected chi connectivity index (χ0v) is 21.8. The number of H-pyrrole nitrogens is 1. The topological polar surface area (TPSA) is 127 Å². The smallest absolute Gasteiger partial charge is 0.317 e. The second kappa shape index (κ2) is 11.2. The number of fused-ring (bicyclic) bond motifs is 2. The molecule has 0 saturated heterocycles. The summed E-state index contributed by atoms with van der Waals surface area (Å²) in [5.74, 6) is -1.33. The highest BCUT2D eigenvalue weighted by atomic mass is 35.5. The first-order chi connectivity index (χ1) is 16.9. The molecule has 9 nitrogen and oxygen atoms in total. The lowest BCUT2D eigenvalue weighted by molar-refractivity contribution is -0.138. The molecular weight excluding hydrogens is 525 g/mol. The first-order valence-electron chi connectivity index (χ1n) is 11.7. The van der Waals surface area contributed by atoms with Crippen LogP contribution in [-0.4, -0.2) is 62.9 Å². The third kappa shape index (κ3) is 5.83. The molecule has 1 fully saturated rings. The van der Waals surface area contributed by atoms with Crippen LogP contribution in [0.4, 0.5) is 0 Å². The fourth-order valence-electron chi connectivity index (χ4n) is 4.85. The van der Waals surface area contributed by atoms with Crippen LogP contribution in [0.15, 0.2) is 24.3 Å². The van der Waals surface area contributed by atoms with Crippen LogP contribution in [0, 0.1) is 0 Å². The first-order valence-corrected chi connectivity index (χ1v) is 12.9. The fraction of sp³-hybridized carbons (Fsp3) is 0.417. The number of carboxylic acid groups (broad SMARTS) is 1. The Hall–Kier alpha value is -2.66. The van der Waals surface area contributed by atoms with E-state index in [0.29, 0.717) is 35.2 Å². The van der Waals surface area contributed by atoms with Crippen molar-refractivity contribution >= 4 is 64.0 Å². The standard InChI is InChI=1S/C24H26ClN5O4S.ClH/c25-14-5-6-15-13(9-14)10-19(26-15)22(33)27-16-3-1-2-4-17(16)28-23(34)24-29-18-7-8-30(12-21(31)32)11-20(18)35-24;/h5-6,9-10,16-17,26H,1-4,7-8,11-12H2,(H,27,33)(H,28,34)(H,31,32);1H/t16-,17+;/m0./s1. The number of hydrogen-bond donors (Lipinski definition) is 4. The molecule has 12 heteroatoms. The Bertz CT molecular complexity index is 1290. The van der Waals surface area contributed by atoms with Gasteiger partial charge in [-0.05, 0) is 37.1 Å². The molecule has 2 amide bonds. The van der Waals surface area contributed by atoms with Crippen LogP contribution in [0.3, 0.4) is 0 Å². The van der Waals surface area contributed by atoms with Gasteiger partial charge in [-0.1, -0.05) is 24.4 Å². The summed E-state index contributed by atoms with van der Waals surface area (Å²) in [5.41, 5.74) is 2.16. The average Bonchev–Trinajstić information content (AvgIpc) is 3.43. The molecule has 1 saturated carbocycles. The van der Waals surface area contributed by atoms with Crippen molar-refractivity contribution in [2.75, 3.05) is 13.1 Å². The molecule has 5 rings (SSSR count). The maximum Gasteiger partial charge on any atom is 0.317 e. The average molecular weight is 552 g/mol. The van der Waals surface area contributed by atoms with Gasteiger partial charge in [-0.3, -0.25) is 19.3 Å². The maximum atomic E-state index is 13.0. The van der Waals surface area contributed by atoms with E-state index in [-0.39, 0.29) is 42.8 Å². The van der Waals surface area contributed by atoms with Crippen molar-refractivity contribution in [1.82, 2.24) is 25.5 Å². The van der Waals surface area contributed by atoms with Crippen LogP contribution in [0.2, 0.25) is 5.02 Å². The van der Waals surface area contributed by atoms with Crippen LogP contribution in [0.25, 0.3) is 10.9 Å². The van der Waals surface area contributed by atoms with E-state index in [1.165, 1.54) is 11.3 Å². The van der Waals surface area contributed by atoms with Gasteiger partial charge in [0.15, 0.2) is 5.01 Å². The summed E-state index contributed by atoms with van der Waals surface area (Å²) in [6.07, 6.45) is 4.13. The fourth-order valence-corrected chi connectivity index (χ4v) is 6.08. The number of hydrogen-bond acceptors (Lipinski definition) is 6. The predicted molar refractivity (Wildman–Crippen MR) is 140 cm³/mol. The number of rotatable bonds is 6. The Labute approximate surface area is 223 Å². The van der Waals surface area contributed by atoms with E-state index in [0.717, 1.165) is 47.2 Å². The summed E-state index contributed by atoms with van der Waals surface area (Å²) < 4.78 is 0. The number of amides is 2. The Morgan fingerprint density at radius 3 is 2.58 bits per heavy atom. The number of carboxylic acids is 1. The van der Waals surface area contributed by atoms with Crippen LogP contribution in [0.1, 0.15) is 56.5 Å². The summed E-state index contributed by atoms with van der Waals surface area (Å²) in [7, 11) is 0. The zero-order chi connectivity index (χ0) is 24.5. The third-order valence-electron chi connectivity index (χ3n) is 6.59. The van der Waals surface area contributed by atoms with Crippen LogP contribution >= 0.6 is 35.3 Å². The molecule has 0 radical (unpaired) electrons. The molecule has 0 unspecified atom stereocenters. The number of carbonyl (C=O) groups is 3. The van der Waals surface area contributed by atoms with Gasteiger partial charge in [-0.2, -0.15) is 0 Å². The van der Waals surface area contributed by atoms with Gasteiger partial charge in [0, 0.05) is 52.4 Å². The lowest BCUT2D eigenvalue weighted by Crippen LogP contribution is -2.53. The van der Waals surface area contributed by atoms with Crippen molar-refractivity contribution in [1.29, 1.82) is 0 Å². The highest BCUT2D eigenvalue weighted by Crippen LogP contribution is 2.26.